The Morgan fingerprint density at radius 3 is 0.500 bits per heavy atom. The van der Waals surface area contributed by atoms with Gasteiger partial charge in [-0.25, -0.2) is 0 Å². The molecule has 14 heteroatoms. The third kappa shape index (κ3) is 285. The van der Waals surface area contributed by atoms with Gasteiger partial charge in [0, 0.05) is 0 Å². The monoisotopic (exact) mass is 922 g/mol. The van der Waals surface area contributed by atoms with Crippen molar-refractivity contribution in [2.24, 2.45) is 0 Å². The van der Waals surface area contributed by atoms with E-state index in [-0.39, 0.29) is 52.4 Å². The molecule has 0 saturated heterocycles. The Hall–Kier alpha value is 3.32. The van der Waals surface area contributed by atoms with E-state index in [1.165, 1.54) is 0 Å². The van der Waals surface area contributed by atoms with E-state index in [1.54, 1.807) is 0 Å². The molecule has 4 radical (unpaired) electrons. The topological polar surface area (TPSA) is 190 Å². The minimum absolute atomic E-state index is 0. The predicted molar refractivity (Wildman–Crippen MR) is 30.8 cm³/mol. The molecule has 0 aliphatic heterocycles. The molecule has 0 unspecified atom stereocenters. The van der Waals surface area contributed by atoms with E-state index in [0.29, 0.717) is 0 Å². The van der Waals surface area contributed by atoms with Crippen LogP contribution in [0, 0.1) is 0 Å². The third-order valence-electron chi connectivity index (χ3n) is 0. The summed E-state index contributed by atoms with van der Waals surface area (Å²) in [6.45, 7) is 0. The fourth-order valence-corrected chi connectivity index (χ4v) is 0. The minimum atomic E-state index is -4.29. The first-order valence-corrected chi connectivity index (χ1v) is 12.3. The zero-order valence-corrected chi connectivity index (χ0v) is 21.6. The van der Waals surface area contributed by atoms with Gasteiger partial charge in [-0.3, -0.25) is 0 Å². The molecule has 0 heterocycles. The Labute approximate surface area is 141 Å². The standard InChI is InChI=1S/2Bi.9O.3Sn/q2*+3;;;;6*-1;;;. The van der Waals surface area contributed by atoms with Crippen molar-refractivity contribution in [3.63, 3.8) is 0 Å². The summed E-state index contributed by atoms with van der Waals surface area (Å²) in [5.74, 6) is 0. The zero-order valence-electron chi connectivity index (χ0n) is 6.07. The molecule has 76 valence electrons. The Balaban J connectivity index is -0.0000000270. The van der Waals surface area contributed by atoms with Gasteiger partial charge in [0.1, 0.15) is 0 Å². The van der Waals surface area contributed by atoms with E-state index < -0.39 is 61.7 Å². The quantitative estimate of drug-likeness (QED) is 0.213. The normalized spacial score (nSPS) is 5.57. The molecule has 0 saturated carbocycles. The molecule has 0 amide bonds. The molecule has 0 aromatic heterocycles. The molecule has 0 rings (SSSR count). The van der Waals surface area contributed by atoms with Crippen LogP contribution in [0.5, 0.6) is 0 Å². The van der Waals surface area contributed by atoms with E-state index in [2.05, 4.69) is 0 Å². The summed E-state index contributed by atoms with van der Waals surface area (Å²) in [7, 11) is 0. The van der Waals surface area contributed by atoms with E-state index in [9.17, 15) is 0 Å². The molecule has 0 N–H and O–H groups in total. The number of rotatable bonds is 0. The van der Waals surface area contributed by atoms with Crippen LogP contribution >= 0.6 is 0 Å². The van der Waals surface area contributed by atoms with Gasteiger partial charge in [0.05, 0.1) is 0 Å². The summed E-state index contributed by atoms with van der Waals surface area (Å²) in [6.07, 6.45) is 0. The average molecular weight is 918 g/mol. The average Bonchev–Trinajstić information content (AvgIpc) is 1.54. The van der Waals surface area contributed by atoms with Gasteiger partial charge >= 0.3 is 144 Å². The van der Waals surface area contributed by atoms with Gasteiger partial charge in [-0.15, -0.1) is 0 Å². The van der Waals surface area contributed by atoms with Crippen molar-refractivity contribution in [2.75, 3.05) is 0 Å². The van der Waals surface area contributed by atoms with Crippen LogP contribution in [-0.2, 0) is 9.23 Å². The van der Waals surface area contributed by atoms with E-state index in [4.69, 9.17) is 29.9 Å². The molecule has 0 aromatic carbocycles. The summed E-state index contributed by atoms with van der Waals surface area (Å²) < 4.78 is 77.5. The maximum atomic E-state index is 8.61. The molecule has 14 heavy (non-hydrogen) atoms. The summed E-state index contributed by atoms with van der Waals surface area (Å²) in [4.78, 5) is 0. The van der Waals surface area contributed by atoms with Crippen molar-refractivity contribution < 1.29 is 29.9 Å². The van der Waals surface area contributed by atoms with Crippen molar-refractivity contribution in [1.29, 1.82) is 0 Å². The van der Waals surface area contributed by atoms with Crippen molar-refractivity contribution in [3.8, 4) is 0 Å². The van der Waals surface area contributed by atoms with Crippen LogP contribution in [0.2, 0.25) is 0 Å². The van der Waals surface area contributed by atoms with Crippen molar-refractivity contribution in [3.05, 3.63) is 0 Å². The molecule has 0 bridgehead atoms. The van der Waals surface area contributed by atoms with Gasteiger partial charge in [0.25, 0.3) is 0 Å². The van der Waals surface area contributed by atoms with Gasteiger partial charge in [0.2, 0.25) is 0 Å². The molecule has 0 aliphatic carbocycles. The fourth-order valence-electron chi connectivity index (χ4n) is 0. The van der Waals surface area contributed by atoms with E-state index in [1.807, 2.05) is 0 Å². The predicted octanol–water partition coefficient (Wildman–Crippen LogP) is -9.39. The summed E-state index contributed by atoms with van der Waals surface area (Å²) in [5.41, 5.74) is 0. The van der Waals surface area contributed by atoms with Crippen LogP contribution in [0.4, 0.5) is 0 Å². The molecule has 0 fully saturated rings. The first-order chi connectivity index (χ1) is 5.20. The summed E-state index contributed by atoms with van der Waals surface area (Å²) in [5, 5.41) is 0. The molecule has 0 spiro atoms. The number of hydrogen-bond donors (Lipinski definition) is 0. The second-order valence-electron chi connectivity index (χ2n) is 0.750. The van der Waals surface area contributed by atoms with E-state index in [0.717, 1.165) is 0 Å². The molecule has 9 nitrogen and oxygen atoms in total. The van der Waals surface area contributed by atoms with Gasteiger partial charge in [-0.2, -0.15) is 0 Å². The van der Waals surface area contributed by atoms with Gasteiger partial charge in [-0.1, -0.05) is 0 Å². The SMILES string of the molecule is [Bi+3].[Bi+3].[O]=[Sn]([O-])[O-].[O]=[Sn]([O-])[O-].[O]=[Sn]([O-])[O-]. The van der Waals surface area contributed by atoms with Gasteiger partial charge < -0.3 is 0 Å². The Kier molecular flexibility index (Phi) is 54.8. The van der Waals surface area contributed by atoms with Crippen LogP contribution in [0.15, 0.2) is 0 Å². The Morgan fingerprint density at radius 1 is 0.500 bits per heavy atom. The maximum absolute atomic E-state index is 8.61. The zero-order chi connectivity index (χ0) is 10.7. The second-order valence-corrected chi connectivity index (χ2v) is 5.03. The van der Waals surface area contributed by atoms with Crippen LogP contribution in [0.3, 0.4) is 0 Å². The summed E-state index contributed by atoms with van der Waals surface area (Å²) in [6, 6.07) is 0. The van der Waals surface area contributed by atoms with Crippen molar-refractivity contribution in [2.45, 2.75) is 0 Å². The molecule has 0 aromatic rings. The van der Waals surface area contributed by atoms with Crippen LogP contribution < -0.4 is 20.7 Å². The van der Waals surface area contributed by atoms with Crippen LogP contribution in [0.25, 0.3) is 0 Å². The van der Waals surface area contributed by atoms with Crippen LogP contribution in [0.1, 0.15) is 0 Å². The van der Waals surface area contributed by atoms with E-state index >= 15 is 0 Å². The van der Waals surface area contributed by atoms with Crippen molar-refractivity contribution >= 4 is 114 Å². The first-order valence-electron chi connectivity index (χ1n) is 1.84. The summed E-state index contributed by atoms with van der Waals surface area (Å²) >= 11 is -12.9. The van der Waals surface area contributed by atoms with Crippen molar-refractivity contribution in [1.82, 2.24) is 0 Å². The van der Waals surface area contributed by atoms with Gasteiger partial charge in [-0.05, 0) is 0 Å². The molecule has 0 atom stereocenters. The second kappa shape index (κ2) is 25.2. The molecule has 0 aliphatic rings. The number of hydrogen-bond acceptors (Lipinski definition) is 9. The molecular formula is Bi2O9Sn3. The Morgan fingerprint density at radius 2 is 0.500 bits per heavy atom. The van der Waals surface area contributed by atoms with Gasteiger partial charge in [0.15, 0.2) is 0 Å². The third-order valence-corrected chi connectivity index (χ3v) is 0. The fraction of sp³-hybridized carbons (Fsp3) is 0. The van der Waals surface area contributed by atoms with Crippen LogP contribution in [-0.4, -0.2) is 114 Å². The Bertz CT molecular complexity index is 116. The first kappa shape index (κ1) is 30.4. The molecular weight excluding hydrogens is 918 g/mol.